The first-order valence-corrected chi connectivity index (χ1v) is 8.03. The minimum absolute atomic E-state index is 0.0726. The second-order valence-electron chi connectivity index (χ2n) is 4.08. The number of benzene rings is 1. The highest BCUT2D eigenvalue weighted by Crippen LogP contribution is 2.30. The molecule has 20 heavy (non-hydrogen) atoms. The zero-order chi connectivity index (χ0) is 15.5. The van der Waals surface area contributed by atoms with E-state index < -0.39 is 22.0 Å². The number of hydrogen-bond donors (Lipinski definition) is 1. The van der Waals surface area contributed by atoms with Crippen LogP contribution in [-0.4, -0.2) is 44.0 Å². The molecule has 0 aliphatic heterocycles. The van der Waals surface area contributed by atoms with Gasteiger partial charge in [0.05, 0.1) is 7.11 Å². The molecule has 6 nitrogen and oxygen atoms in total. The summed E-state index contributed by atoms with van der Waals surface area (Å²) in [6, 6.07) is 3.42. The van der Waals surface area contributed by atoms with Crippen molar-refractivity contribution in [2.75, 3.05) is 14.2 Å². The summed E-state index contributed by atoms with van der Waals surface area (Å²) in [5, 5.41) is 9.09. The van der Waals surface area contributed by atoms with Crippen molar-refractivity contribution < 1.29 is 23.1 Å². The minimum Gasteiger partial charge on any atom is -0.495 e. The number of carbonyl (C=O) groups is 1. The fourth-order valence-corrected chi connectivity index (χ4v) is 3.84. The summed E-state index contributed by atoms with van der Waals surface area (Å²) < 4.78 is 31.5. The molecule has 0 radical (unpaired) electrons. The average Bonchev–Trinajstić information content (AvgIpc) is 2.38. The molecule has 0 saturated heterocycles. The van der Waals surface area contributed by atoms with E-state index in [4.69, 9.17) is 9.84 Å². The van der Waals surface area contributed by atoms with Crippen LogP contribution < -0.4 is 4.74 Å². The van der Waals surface area contributed by atoms with Gasteiger partial charge in [-0.2, -0.15) is 4.31 Å². The normalized spacial score (nSPS) is 13.2. The molecule has 0 amide bonds. The van der Waals surface area contributed by atoms with Crippen LogP contribution >= 0.6 is 15.9 Å². The maximum absolute atomic E-state index is 12.5. The second-order valence-corrected chi connectivity index (χ2v) is 6.96. The molecule has 0 aliphatic rings. The van der Waals surface area contributed by atoms with Crippen molar-refractivity contribution in [3.05, 3.63) is 22.7 Å². The van der Waals surface area contributed by atoms with Crippen LogP contribution in [0.15, 0.2) is 27.6 Å². The number of carboxylic acid groups (broad SMARTS) is 1. The summed E-state index contributed by atoms with van der Waals surface area (Å²) in [5.41, 5.74) is 0. The smallest absolute Gasteiger partial charge is 0.321 e. The van der Waals surface area contributed by atoms with Gasteiger partial charge in [0.1, 0.15) is 16.7 Å². The lowest BCUT2D eigenvalue weighted by Gasteiger charge is -2.24. The highest BCUT2D eigenvalue weighted by Gasteiger charge is 2.33. The molecule has 0 aromatic heterocycles. The highest BCUT2D eigenvalue weighted by molar-refractivity contribution is 9.10. The lowest BCUT2D eigenvalue weighted by Crippen LogP contribution is -2.41. The molecule has 0 heterocycles. The Kier molecular flexibility index (Phi) is 5.55. The van der Waals surface area contributed by atoms with Gasteiger partial charge in [-0.15, -0.1) is 0 Å². The summed E-state index contributed by atoms with van der Waals surface area (Å²) in [6.07, 6.45) is 0.168. The third kappa shape index (κ3) is 3.31. The number of ether oxygens (including phenoxy) is 1. The third-order valence-corrected chi connectivity index (χ3v) is 5.27. The van der Waals surface area contributed by atoms with Crippen LogP contribution in [0.3, 0.4) is 0 Å². The predicted octanol–water partition coefficient (Wildman–Crippen LogP) is 1.94. The first kappa shape index (κ1) is 16.9. The first-order chi connectivity index (χ1) is 9.25. The van der Waals surface area contributed by atoms with E-state index >= 15 is 0 Å². The number of rotatable bonds is 6. The number of sulfonamides is 1. The van der Waals surface area contributed by atoms with Gasteiger partial charge in [-0.25, -0.2) is 8.42 Å². The van der Waals surface area contributed by atoms with Crippen molar-refractivity contribution in [1.82, 2.24) is 4.31 Å². The van der Waals surface area contributed by atoms with Crippen LogP contribution in [0, 0.1) is 0 Å². The number of halogens is 1. The number of carboxylic acids is 1. The first-order valence-electron chi connectivity index (χ1n) is 5.80. The Morgan fingerprint density at radius 3 is 2.55 bits per heavy atom. The molecule has 0 aliphatic carbocycles. The molecule has 1 rings (SSSR count). The molecule has 112 valence electrons. The molecule has 8 heteroatoms. The van der Waals surface area contributed by atoms with Gasteiger partial charge in [-0.05, 0) is 24.6 Å². The summed E-state index contributed by atoms with van der Waals surface area (Å²) in [4.78, 5) is 11.1. The van der Waals surface area contributed by atoms with Crippen molar-refractivity contribution in [3.63, 3.8) is 0 Å². The van der Waals surface area contributed by atoms with Crippen LogP contribution in [0.1, 0.15) is 13.3 Å². The number of aliphatic carboxylic acids is 1. The molecule has 0 spiro atoms. The maximum Gasteiger partial charge on any atom is 0.321 e. The van der Waals surface area contributed by atoms with Gasteiger partial charge in [0.15, 0.2) is 0 Å². The van der Waals surface area contributed by atoms with E-state index in [9.17, 15) is 13.2 Å². The van der Waals surface area contributed by atoms with Crippen molar-refractivity contribution in [2.45, 2.75) is 24.3 Å². The molecule has 1 atom stereocenters. The van der Waals surface area contributed by atoms with Crippen molar-refractivity contribution in [1.29, 1.82) is 0 Å². The molecule has 1 aromatic carbocycles. The summed E-state index contributed by atoms with van der Waals surface area (Å²) in [7, 11) is -1.36. The molecule has 1 N–H and O–H groups in total. The fourth-order valence-electron chi connectivity index (χ4n) is 1.76. The predicted molar refractivity (Wildman–Crippen MR) is 77.4 cm³/mol. The summed E-state index contributed by atoms with van der Waals surface area (Å²) in [6.45, 7) is 1.61. The summed E-state index contributed by atoms with van der Waals surface area (Å²) >= 11 is 3.20. The largest absolute Gasteiger partial charge is 0.495 e. The van der Waals surface area contributed by atoms with Gasteiger partial charge in [-0.1, -0.05) is 22.9 Å². The van der Waals surface area contributed by atoms with E-state index in [1.54, 1.807) is 13.0 Å². The Labute approximate surface area is 126 Å². The Balaban J connectivity index is 3.36. The molecule has 1 unspecified atom stereocenters. The van der Waals surface area contributed by atoms with Gasteiger partial charge in [0.25, 0.3) is 0 Å². The Hall–Kier alpha value is -1.12. The number of nitrogens with zero attached hydrogens (tertiary/aromatic N) is 1. The second kappa shape index (κ2) is 6.55. The summed E-state index contributed by atoms with van der Waals surface area (Å²) in [5.74, 6) is -1.02. The van der Waals surface area contributed by atoms with Gasteiger partial charge >= 0.3 is 5.97 Å². The van der Waals surface area contributed by atoms with Crippen molar-refractivity contribution in [3.8, 4) is 5.75 Å². The van der Waals surface area contributed by atoms with Crippen LogP contribution in [0.25, 0.3) is 0 Å². The quantitative estimate of drug-likeness (QED) is 0.832. The van der Waals surface area contributed by atoms with Crippen LogP contribution in [0.2, 0.25) is 0 Å². The van der Waals surface area contributed by atoms with Crippen LogP contribution in [0.5, 0.6) is 5.75 Å². The molecule has 0 bridgehead atoms. The standard InChI is InChI=1S/C12H16BrNO5S/c1-4-9(12(15)16)14(2)20(17,18)11-7-8(13)5-6-10(11)19-3/h5-7,9H,4H2,1-3H3,(H,15,16). The average molecular weight is 366 g/mol. The zero-order valence-corrected chi connectivity index (χ0v) is 13.7. The Morgan fingerprint density at radius 2 is 2.10 bits per heavy atom. The van der Waals surface area contributed by atoms with E-state index in [0.717, 1.165) is 4.31 Å². The lowest BCUT2D eigenvalue weighted by molar-refractivity contribution is -0.141. The number of hydrogen-bond acceptors (Lipinski definition) is 4. The SMILES string of the molecule is CCC(C(=O)O)N(C)S(=O)(=O)c1cc(Br)ccc1OC. The van der Waals surface area contributed by atoms with Gasteiger partial charge in [0.2, 0.25) is 10.0 Å². The van der Waals surface area contributed by atoms with Gasteiger partial charge in [-0.3, -0.25) is 4.79 Å². The molecular formula is C12H16BrNO5S. The van der Waals surface area contributed by atoms with E-state index in [-0.39, 0.29) is 17.1 Å². The molecule has 0 fully saturated rings. The highest BCUT2D eigenvalue weighted by atomic mass is 79.9. The monoisotopic (exact) mass is 365 g/mol. The Bertz CT molecular complexity index is 602. The lowest BCUT2D eigenvalue weighted by atomic mass is 10.2. The van der Waals surface area contributed by atoms with Crippen LogP contribution in [-0.2, 0) is 14.8 Å². The van der Waals surface area contributed by atoms with Gasteiger partial charge in [0, 0.05) is 11.5 Å². The number of methoxy groups -OCH3 is 1. The van der Waals surface area contributed by atoms with E-state index in [1.807, 2.05) is 0 Å². The topological polar surface area (TPSA) is 83.9 Å². The Morgan fingerprint density at radius 1 is 1.50 bits per heavy atom. The van der Waals surface area contributed by atoms with E-state index in [0.29, 0.717) is 4.47 Å². The third-order valence-electron chi connectivity index (χ3n) is 2.89. The van der Waals surface area contributed by atoms with E-state index in [2.05, 4.69) is 15.9 Å². The molecule has 0 saturated carbocycles. The van der Waals surface area contributed by atoms with E-state index in [1.165, 1.54) is 26.3 Å². The fraction of sp³-hybridized carbons (Fsp3) is 0.417. The maximum atomic E-state index is 12.5. The molecule has 1 aromatic rings. The van der Waals surface area contributed by atoms with Crippen molar-refractivity contribution in [2.24, 2.45) is 0 Å². The van der Waals surface area contributed by atoms with Gasteiger partial charge < -0.3 is 9.84 Å². The van der Waals surface area contributed by atoms with Crippen molar-refractivity contribution >= 4 is 31.9 Å². The van der Waals surface area contributed by atoms with Crippen LogP contribution in [0.4, 0.5) is 0 Å². The molecular weight excluding hydrogens is 350 g/mol. The minimum atomic E-state index is -3.96. The number of likely N-dealkylation sites (N-methyl/N-ethyl adjacent to an activating group) is 1. The zero-order valence-electron chi connectivity index (χ0n) is 11.3.